The summed E-state index contributed by atoms with van der Waals surface area (Å²) in [6, 6.07) is 13.4. The van der Waals surface area contributed by atoms with E-state index in [1.807, 2.05) is 49.4 Å². The van der Waals surface area contributed by atoms with Gasteiger partial charge in [0.1, 0.15) is 17.1 Å². The molecule has 19 heavy (non-hydrogen) atoms. The maximum Gasteiger partial charge on any atom is 0.153 e. The fourth-order valence-electron chi connectivity index (χ4n) is 1.99. The van der Waals surface area contributed by atoms with Gasteiger partial charge in [-0.05, 0) is 43.3 Å². The Morgan fingerprint density at radius 1 is 1.21 bits per heavy atom. The number of furan rings is 1. The van der Waals surface area contributed by atoms with E-state index in [0.29, 0.717) is 5.02 Å². The molecule has 0 fully saturated rings. The van der Waals surface area contributed by atoms with Gasteiger partial charge in [0.15, 0.2) is 5.76 Å². The third-order valence-electron chi connectivity index (χ3n) is 2.84. The van der Waals surface area contributed by atoms with Gasteiger partial charge in [-0.3, -0.25) is 0 Å². The first kappa shape index (κ1) is 12.1. The summed E-state index contributed by atoms with van der Waals surface area (Å²) in [5.41, 5.74) is 1.63. The van der Waals surface area contributed by atoms with Crippen molar-refractivity contribution < 1.29 is 4.42 Å². The lowest BCUT2D eigenvalue weighted by molar-refractivity contribution is 0.629. The molecule has 0 aliphatic heterocycles. The van der Waals surface area contributed by atoms with E-state index >= 15 is 0 Å². The topological polar surface area (TPSA) is 38.1 Å². The molecule has 0 aliphatic rings. The molecule has 1 N–H and O–H groups in total. The van der Waals surface area contributed by atoms with Gasteiger partial charge in [-0.1, -0.05) is 17.7 Å². The van der Waals surface area contributed by atoms with Gasteiger partial charge in [0, 0.05) is 17.0 Å². The number of aromatic nitrogens is 1. The molecule has 0 amide bonds. The standard InChI is InChI=1S/C15H13ClN2O/c1-2-17-15-5-3-4-12(18-15)14-9-10-8-11(16)6-7-13(10)19-14/h3-9H,2H2,1H3,(H,17,18). The monoisotopic (exact) mass is 272 g/mol. The molecule has 0 saturated carbocycles. The molecule has 0 saturated heterocycles. The minimum atomic E-state index is 0.703. The molecule has 0 spiro atoms. The summed E-state index contributed by atoms with van der Waals surface area (Å²) < 4.78 is 5.79. The van der Waals surface area contributed by atoms with E-state index < -0.39 is 0 Å². The normalized spacial score (nSPS) is 10.8. The fourth-order valence-corrected chi connectivity index (χ4v) is 2.17. The number of anilines is 1. The van der Waals surface area contributed by atoms with Crippen molar-refractivity contribution >= 4 is 28.4 Å². The highest BCUT2D eigenvalue weighted by molar-refractivity contribution is 6.31. The number of hydrogen-bond donors (Lipinski definition) is 1. The van der Waals surface area contributed by atoms with Gasteiger partial charge < -0.3 is 9.73 Å². The summed E-state index contributed by atoms with van der Waals surface area (Å²) in [6.45, 7) is 2.88. The second kappa shape index (κ2) is 4.94. The molecule has 96 valence electrons. The summed E-state index contributed by atoms with van der Waals surface area (Å²) in [4.78, 5) is 4.51. The molecular weight excluding hydrogens is 260 g/mol. The molecule has 0 unspecified atom stereocenters. The van der Waals surface area contributed by atoms with Crippen LogP contribution in [0, 0.1) is 0 Å². The van der Waals surface area contributed by atoms with E-state index in [0.717, 1.165) is 34.8 Å². The average Bonchev–Trinajstić information content (AvgIpc) is 2.82. The van der Waals surface area contributed by atoms with Crippen molar-refractivity contribution in [2.24, 2.45) is 0 Å². The Hall–Kier alpha value is -2.00. The zero-order valence-electron chi connectivity index (χ0n) is 10.5. The molecule has 0 bridgehead atoms. The molecule has 2 heterocycles. The number of nitrogens with zero attached hydrogens (tertiary/aromatic N) is 1. The Morgan fingerprint density at radius 3 is 2.95 bits per heavy atom. The number of rotatable bonds is 3. The van der Waals surface area contributed by atoms with Crippen LogP contribution in [0.4, 0.5) is 5.82 Å². The number of halogens is 1. The highest BCUT2D eigenvalue weighted by Crippen LogP contribution is 2.29. The van der Waals surface area contributed by atoms with Gasteiger partial charge in [-0.2, -0.15) is 0 Å². The molecule has 3 nitrogen and oxygen atoms in total. The van der Waals surface area contributed by atoms with E-state index in [1.54, 1.807) is 0 Å². The van der Waals surface area contributed by atoms with Crippen LogP contribution in [0.15, 0.2) is 46.9 Å². The SMILES string of the molecule is CCNc1cccc(-c2cc3cc(Cl)ccc3o2)n1. The zero-order chi connectivity index (χ0) is 13.2. The fraction of sp³-hybridized carbons (Fsp3) is 0.133. The second-order valence-corrected chi connectivity index (χ2v) is 4.67. The van der Waals surface area contributed by atoms with Crippen molar-refractivity contribution in [3.63, 3.8) is 0 Å². The van der Waals surface area contributed by atoms with Crippen molar-refractivity contribution in [3.8, 4) is 11.5 Å². The van der Waals surface area contributed by atoms with Crippen LogP contribution < -0.4 is 5.32 Å². The highest BCUT2D eigenvalue weighted by Gasteiger charge is 2.08. The van der Waals surface area contributed by atoms with E-state index in [1.165, 1.54) is 0 Å². The summed E-state index contributed by atoms with van der Waals surface area (Å²) in [7, 11) is 0. The minimum absolute atomic E-state index is 0.703. The van der Waals surface area contributed by atoms with Crippen LogP contribution >= 0.6 is 11.6 Å². The average molecular weight is 273 g/mol. The largest absolute Gasteiger partial charge is 0.454 e. The van der Waals surface area contributed by atoms with E-state index in [9.17, 15) is 0 Å². The smallest absolute Gasteiger partial charge is 0.153 e. The Bertz CT molecular complexity index is 721. The quantitative estimate of drug-likeness (QED) is 0.758. The first-order chi connectivity index (χ1) is 9.26. The second-order valence-electron chi connectivity index (χ2n) is 4.23. The van der Waals surface area contributed by atoms with Gasteiger partial charge >= 0.3 is 0 Å². The summed E-state index contributed by atoms with van der Waals surface area (Å²) in [5.74, 6) is 1.59. The van der Waals surface area contributed by atoms with Crippen molar-refractivity contribution in [1.82, 2.24) is 4.98 Å². The molecule has 3 aromatic rings. The Balaban J connectivity index is 2.05. The molecule has 1 aromatic carbocycles. The van der Waals surface area contributed by atoms with Crippen LogP contribution in [0.25, 0.3) is 22.4 Å². The molecule has 0 aliphatic carbocycles. The highest BCUT2D eigenvalue weighted by atomic mass is 35.5. The van der Waals surface area contributed by atoms with Crippen LogP contribution in [-0.4, -0.2) is 11.5 Å². The number of nitrogens with one attached hydrogen (secondary N) is 1. The number of pyridine rings is 1. The van der Waals surface area contributed by atoms with Gasteiger partial charge in [0.05, 0.1) is 0 Å². The first-order valence-electron chi connectivity index (χ1n) is 6.16. The maximum absolute atomic E-state index is 5.97. The van der Waals surface area contributed by atoms with E-state index in [2.05, 4.69) is 10.3 Å². The number of hydrogen-bond acceptors (Lipinski definition) is 3. The number of benzene rings is 1. The molecule has 0 radical (unpaired) electrons. The third kappa shape index (κ3) is 2.42. The predicted octanol–water partition coefficient (Wildman–Crippen LogP) is 4.58. The van der Waals surface area contributed by atoms with Crippen molar-refractivity contribution in [2.75, 3.05) is 11.9 Å². The molecule has 0 atom stereocenters. The van der Waals surface area contributed by atoms with Gasteiger partial charge in [-0.15, -0.1) is 0 Å². The lowest BCUT2D eigenvalue weighted by Crippen LogP contribution is -1.99. The zero-order valence-corrected chi connectivity index (χ0v) is 11.2. The first-order valence-corrected chi connectivity index (χ1v) is 6.54. The van der Waals surface area contributed by atoms with Crippen LogP contribution in [0.3, 0.4) is 0 Å². The van der Waals surface area contributed by atoms with Gasteiger partial charge in [0.2, 0.25) is 0 Å². The minimum Gasteiger partial charge on any atom is -0.454 e. The van der Waals surface area contributed by atoms with Crippen LogP contribution in [-0.2, 0) is 0 Å². The third-order valence-corrected chi connectivity index (χ3v) is 3.07. The lowest BCUT2D eigenvalue weighted by Gasteiger charge is -2.02. The van der Waals surface area contributed by atoms with Crippen LogP contribution in [0.5, 0.6) is 0 Å². The lowest BCUT2D eigenvalue weighted by atomic mass is 10.2. The molecule has 4 heteroatoms. The van der Waals surface area contributed by atoms with Crippen molar-refractivity contribution in [1.29, 1.82) is 0 Å². The summed E-state index contributed by atoms with van der Waals surface area (Å²) >= 11 is 5.97. The number of fused-ring (bicyclic) bond motifs is 1. The Labute approximate surface area is 116 Å². The molecular formula is C15H13ClN2O. The summed E-state index contributed by atoms with van der Waals surface area (Å²) in [5, 5.41) is 4.87. The Kier molecular flexibility index (Phi) is 3.13. The molecule has 3 rings (SSSR count). The van der Waals surface area contributed by atoms with Crippen molar-refractivity contribution in [2.45, 2.75) is 6.92 Å². The maximum atomic E-state index is 5.97. The molecule has 2 aromatic heterocycles. The van der Waals surface area contributed by atoms with Gasteiger partial charge in [-0.25, -0.2) is 4.98 Å². The van der Waals surface area contributed by atoms with Crippen LogP contribution in [0.2, 0.25) is 5.02 Å². The van der Waals surface area contributed by atoms with E-state index in [4.69, 9.17) is 16.0 Å². The summed E-state index contributed by atoms with van der Waals surface area (Å²) in [6.07, 6.45) is 0. The van der Waals surface area contributed by atoms with Gasteiger partial charge in [0.25, 0.3) is 0 Å². The Morgan fingerprint density at radius 2 is 2.11 bits per heavy atom. The van der Waals surface area contributed by atoms with Crippen LogP contribution in [0.1, 0.15) is 6.92 Å². The van der Waals surface area contributed by atoms with Crippen molar-refractivity contribution in [3.05, 3.63) is 47.5 Å². The predicted molar refractivity (Wildman–Crippen MR) is 78.6 cm³/mol. The van der Waals surface area contributed by atoms with E-state index in [-0.39, 0.29) is 0 Å².